The largest absolute Gasteiger partial charge is 0.493 e. The minimum atomic E-state index is -3.81. The van der Waals surface area contributed by atoms with Crippen LogP contribution in [0.2, 0.25) is 0 Å². The lowest BCUT2D eigenvalue weighted by Gasteiger charge is -2.10. The van der Waals surface area contributed by atoms with Gasteiger partial charge in [-0.05, 0) is 55.5 Å². The monoisotopic (exact) mass is 357 g/mol. The fourth-order valence-corrected chi connectivity index (χ4v) is 3.40. The van der Waals surface area contributed by atoms with Crippen molar-refractivity contribution in [1.29, 1.82) is 0 Å². The van der Waals surface area contributed by atoms with Crippen LogP contribution < -0.4 is 10.5 Å². The number of nitrogens with one attached hydrogen (secondary N) is 1. The standard InChI is InChI=1S/C17H15N3O4S/c1-10-8-12-9-13(4-7-15(12)19-17(10)22)20-25(23,24)14-5-2-11(3-6-14)16(18)21/h2-9,20H,1H3,(H2,18,21)(H,19,22). The number of hydrogen-bond acceptors (Lipinski definition) is 5. The first-order valence-corrected chi connectivity index (χ1v) is 8.78. The van der Waals surface area contributed by atoms with E-state index in [0.29, 0.717) is 22.2 Å². The summed E-state index contributed by atoms with van der Waals surface area (Å²) >= 11 is 0. The maximum absolute atomic E-state index is 12.5. The Bertz CT molecular complexity index is 1080. The summed E-state index contributed by atoms with van der Waals surface area (Å²) in [6.45, 7) is 1.71. The van der Waals surface area contributed by atoms with Gasteiger partial charge in [-0.3, -0.25) is 9.52 Å². The number of amides is 1. The summed E-state index contributed by atoms with van der Waals surface area (Å²) in [5, 5.41) is 10.3. The first-order chi connectivity index (χ1) is 11.8. The number of primary amides is 1. The van der Waals surface area contributed by atoms with E-state index in [4.69, 9.17) is 5.73 Å². The van der Waals surface area contributed by atoms with Crippen LogP contribution in [0.1, 0.15) is 15.9 Å². The molecule has 0 fully saturated rings. The quantitative estimate of drug-likeness (QED) is 0.660. The number of carbonyl (C=O) groups is 1. The molecule has 0 spiro atoms. The van der Waals surface area contributed by atoms with Crippen LogP contribution in [0.25, 0.3) is 10.9 Å². The van der Waals surface area contributed by atoms with E-state index in [1.165, 1.54) is 24.3 Å². The Labute approximate surface area is 144 Å². The summed E-state index contributed by atoms with van der Waals surface area (Å²) in [4.78, 5) is 15.1. The lowest BCUT2D eigenvalue weighted by molar-refractivity contribution is 0.1000. The predicted octanol–water partition coefficient (Wildman–Crippen LogP) is 2.15. The molecule has 0 bridgehead atoms. The molecule has 0 saturated heterocycles. The van der Waals surface area contributed by atoms with Gasteiger partial charge >= 0.3 is 0 Å². The van der Waals surface area contributed by atoms with E-state index in [1.807, 2.05) is 0 Å². The molecule has 25 heavy (non-hydrogen) atoms. The minimum Gasteiger partial charge on any atom is -0.493 e. The van der Waals surface area contributed by atoms with Crippen molar-refractivity contribution in [2.45, 2.75) is 11.8 Å². The zero-order valence-corrected chi connectivity index (χ0v) is 14.0. The van der Waals surface area contributed by atoms with Crippen LogP contribution in [-0.4, -0.2) is 24.4 Å². The van der Waals surface area contributed by atoms with Gasteiger partial charge in [0.05, 0.1) is 10.4 Å². The molecule has 0 aliphatic heterocycles. The highest BCUT2D eigenvalue weighted by molar-refractivity contribution is 7.92. The molecule has 1 aromatic heterocycles. The molecule has 0 aliphatic rings. The average Bonchev–Trinajstić information content (AvgIpc) is 2.56. The minimum absolute atomic E-state index is 0.0117. The number of carbonyl (C=O) groups excluding carboxylic acids is 1. The van der Waals surface area contributed by atoms with Crippen molar-refractivity contribution >= 4 is 32.5 Å². The second kappa shape index (κ2) is 6.06. The van der Waals surface area contributed by atoms with Gasteiger partial charge in [0.2, 0.25) is 11.8 Å². The van der Waals surface area contributed by atoms with Crippen molar-refractivity contribution < 1.29 is 18.3 Å². The molecular weight excluding hydrogens is 342 g/mol. The maximum atomic E-state index is 12.5. The van der Waals surface area contributed by atoms with Crippen molar-refractivity contribution in [3.05, 3.63) is 59.7 Å². The molecule has 0 unspecified atom stereocenters. The number of hydrogen-bond donors (Lipinski definition) is 3. The molecule has 0 atom stereocenters. The summed E-state index contributed by atoms with van der Waals surface area (Å²) < 4.78 is 27.4. The Hall–Kier alpha value is -3.13. The second-order valence-electron chi connectivity index (χ2n) is 5.53. The smallest absolute Gasteiger partial charge is 0.261 e. The second-order valence-corrected chi connectivity index (χ2v) is 7.21. The first-order valence-electron chi connectivity index (χ1n) is 7.29. The Morgan fingerprint density at radius 3 is 2.44 bits per heavy atom. The highest BCUT2D eigenvalue weighted by atomic mass is 32.2. The van der Waals surface area contributed by atoms with E-state index in [-0.39, 0.29) is 16.3 Å². The number of fused-ring (bicyclic) bond motifs is 1. The Morgan fingerprint density at radius 1 is 1.12 bits per heavy atom. The molecule has 128 valence electrons. The van der Waals surface area contributed by atoms with Crippen LogP contribution in [0.4, 0.5) is 5.69 Å². The van der Waals surface area contributed by atoms with E-state index < -0.39 is 15.9 Å². The van der Waals surface area contributed by atoms with Crippen LogP contribution in [0.5, 0.6) is 5.88 Å². The highest BCUT2D eigenvalue weighted by Gasteiger charge is 2.15. The predicted molar refractivity (Wildman–Crippen MR) is 93.9 cm³/mol. The number of aryl methyl sites for hydroxylation is 1. The van der Waals surface area contributed by atoms with Crippen LogP contribution in [-0.2, 0) is 10.0 Å². The molecule has 0 radical (unpaired) electrons. The summed E-state index contributed by atoms with van der Waals surface area (Å²) in [5.41, 5.74) is 6.88. The zero-order chi connectivity index (χ0) is 18.2. The van der Waals surface area contributed by atoms with Crippen molar-refractivity contribution in [2.24, 2.45) is 5.73 Å². The molecule has 2 aromatic carbocycles. The number of sulfonamides is 1. The topological polar surface area (TPSA) is 122 Å². The number of nitrogens with zero attached hydrogens (tertiary/aromatic N) is 1. The molecule has 4 N–H and O–H groups in total. The van der Waals surface area contributed by atoms with Crippen LogP contribution in [0, 0.1) is 6.92 Å². The van der Waals surface area contributed by atoms with E-state index in [2.05, 4.69) is 9.71 Å². The normalized spacial score (nSPS) is 11.4. The van der Waals surface area contributed by atoms with Gasteiger partial charge in [0.1, 0.15) is 0 Å². The molecular formula is C17H15N3O4S. The summed E-state index contributed by atoms with van der Waals surface area (Å²) in [6.07, 6.45) is 0. The number of rotatable bonds is 4. The van der Waals surface area contributed by atoms with Gasteiger partial charge in [-0.2, -0.15) is 0 Å². The fourth-order valence-electron chi connectivity index (χ4n) is 2.35. The molecule has 7 nitrogen and oxygen atoms in total. The first kappa shape index (κ1) is 16.7. The van der Waals surface area contributed by atoms with E-state index in [9.17, 15) is 18.3 Å². The summed E-state index contributed by atoms with van der Waals surface area (Å²) in [7, 11) is -3.81. The molecule has 3 rings (SSSR count). The van der Waals surface area contributed by atoms with E-state index in [1.54, 1.807) is 31.2 Å². The van der Waals surface area contributed by atoms with Crippen molar-refractivity contribution in [2.75, 3.05) is 4.72 Å². The van der Waals surface area contributed by atoms with Crippen molar-refractivity contribution in [3.63, 3.8) is 0 Å². The highest BCUT2D eigenvalue weighted by Crippen LogP contribution is 2.25. The Kier molecular flexibility index (Phi) is 4.05. The van der Waals surface area contributed by atoms with Gasteiger partial charge in [-0.25, -0.2) is 13.4 Å². The number of pyridine rings is 1. The maximum Gasteiger partial charge on any atom is 0.261 e. The van der Waals surface area contributed by atoms with Gasteiger partial charge in [0.25, 0.3) is 10.0 Å². The Morgan fingerprint density at radius 2 is 1.80 bits per heavy atom. The van der Waals surface area contributed by atoms with Crippen molar-refractivity contribution in [1.82, 2.24) is 4.98 Å². The van der Waals surface area contributed by atoms with Gasteiger partial charge in [-0.15, -0.1) is 0 Å². The third-order valence-corrected chi connectivity index (χ3v) is 5.08. The number of aromatic hydroxyl groups is 1. The van der Waals surface area contributed by atoms with Gasteiger partial charge < -0.3 is 10.8 Å². The number of anilines is 1. The fraction of sp³-hybridized carbons (Fsp3) is 0.0588. The molecule has 3 aromatic rings. The third kappa shape index (κ3) is 3.38. The van der Waals surface area contributed by atoms with Crippen LogP contribution >= 0.6 is 0 Å². The molecule has 8 heteroatoms. The van der Waals surface area contributed by atoms with Gasteiger partial charge in [0, 0.05) is 22.2 Å². The molecule has 0 aliphatic carbocycles. The summed E-state index contributed by atoms with van der Waals surface area (Å²) in [5.74, 6) is -0.687. The third-order valence-electron chi connectivity index (χ3n) is 3.68. The van der Waals surface area contributed by atoms with Crippen molar-refractivity contribution in [3.8, 4) is 5.88 Å². The lowest BCUT2D eigenvalue weighted by atomic mass is 10.1. The number of benzene rings is 2. The molecule has 1 amide bonds. The Balaban J connectivity index is 1.93. The SMILES string of the molecule is Cc1cc2cc(NS(=O)(=O)c3ccc(C(N)=O)cc3)ccc2nc1O. The zero-order valence-electron chi connectivity index (χ0n) is 13.2. The lowest BCUT2D eigenvalue weighted by Crippen LogP contribution is -2.14. The number of nitrogens with two attached hydrogens (primary N) is 1. The van der Waals surface area contributed by atoms with E-state index in [0.717, 1.165) is 0 Å². The summed E-state index contributed by atoms with van der Waals surface area (Å²) in [6, 6.07) is 11.9. The van der Waals surface area contributed by atoms with E-state index >= 15 is 0 Å². The average molecular weight is 357 g/mol. The van der Waals surface area contributed by atoms with Gasteiger partial charge in [0.15, 0.2) is 0 Å². The molecule has 0 saturated carbocycles. The van der Waals surface area contributed by atoms with Crippen LogP contribution in [0.3, 0.4) is 0 Å². The number of aromatic nitrogens is 1. The molecule has 1 heterocycles. The van der Waals surface area contributed by atoms with Crippen LogP contribution in [0.15, 0.2) is 53.4 Å². The van der Waals surface area contributed by atoms with Gasteiger partial charge in [-0.1, -0.05) is 0 Å².